The van der Waals surface area contributed by atoms with Crippen LogP contribution in [0.4, 0.5) is 0 Å². The number of rotatable bonds is 7. The monoisotopic (exact) mass is 323 g/mol. The van der Waals surface area contributed by atoms with Crippen LogP contribution in [0.5, 0.6) is 0 Å². The average molecular weight is 323 g/mol. The Bertz CT molecular complexity index is 656. The lowest BCUT2D eigenvalue weighted by atomic mass is 9.93. The number of Topliss-reactive ketones (excluding diaryl/α,β-unsaturated/α-hetero) is 1. The van der Waals surface area contributed by atoms with Crippen LogP contribution in [-0.4, -0.2) is 36.6 Å². The summed E-state index contributed by atoms with van der Waals surface area (Å²) in [6, 6.07) is 4.76. The van der Waals surface area contributed by atoms with Gasteiger partial charge in [0.25, 0.3) is 0 Å². The van der Waals surface area contributed by atoms with Gasteiger partial charge in [-0.2, -0.15) is 9.57 Å². The van der Waals surface area contributed by atoms with E-state index in [1.165, 1.54) is 22.6 Å². The molecule has 22 heavy (non-hydrogen) atoms. The van der Waals surface area contributed by atoms with Crippen molar-refractivity contribution in [3.05, 3.63) is 24.0 Å². The van der Waals surface area contributed by atoms with E-state index >= 15 is 0 Å². The Labute approximate surface area is 131 Å². The highest BCUT2D eigenvalue weighted by Gasteiger charge is 2.26. The second kappa shape index (κ2) is 7.47. The third-order valence-corrected chi connectivity index (χ3v) is 5.41. The lowest BCUT2D eigenvalue weighted by Crippen LogP contribution is -2.30. The molecule has 0 saturated carbocycles. The van der Waals surface area contributed by atoms with Crippen LogP contribution in [0.2, 0.25) is 0 Å². The van der Waals surface area contributed by atoms with E-state index in [-0.39, 0.29) is 22.3 Å². The Morgan fingerprint density at radius 3 is 2.27 bits per heavy atom. The zero-order chi connectivity index (χ0) is 16.9. The van der Waals surface area contributed by atoms with Gasteiger partial charge in [-0.15, -0.1) is 0 Å². The Morgan fingerprint density at radius 2 is 1.91 bits per heavy atom. The first-order valence-electron chi connectivity index (χ1n) is 7.18. The summed E-state index contributed by atoms with van der Waals surface area (Å²) in [6.07, 6.45) is 1.21. The van der Waals surface area contributed by atoms with Crippen molar-refractivity contribution in [2.24, 2.45) is 5.92 Å². The summed E-state index contributed by atoms with van der Waals surface area (Å²) >= 11 is 0. The van der Waals surface area contributed by atoms with Gasteiger partial charge in [0.2, 0.25) is 10.0 Å². The lowest BCUT2D eigenvalue weighted by Gasteiger charge is -2.18. The van der Waals surface area contributed by atoms with Crippen LogP contribution >= 0.6 is 0 Å². The SMILES string of the molecule is CCN(CC)S(=O)(=O)c1ccc(C(C#N)C(=O)C(C)C)nc1. The number of carbonyl (C=O) groups excluding carboxylic acids is 1. The van der Waals surface area contributed by atoms with Gasteiger partial charge in [-0.1, -0.05) is 27.7 Å². The maximum atomic E-state index is 12.3. The Hall–Kier alpha value is -1.78. The first-order chi connectivity index (χ1) is 10.3. The molecule has 6 nitrogen and oxygen atoms in total. The first-order valence-corrected chi connectivity index (χ1v) is 8.63. The summed E-state index contributed by atoms with van der Waals surface area (Å²) in [5, 5.41) is 9.15. The number of hydrogen-bond acceptors (Lipinski definition) is 5. The van der Waals surface area contributed by atoms with Crippen LogP contribution in [0.25, 0.3) is 0 Å². The minimum Gasteiger partial charge on any atom is -0.297 e. The standard InChI is InChI=1S/C15H21N3O3S/c1-5-18(6-2)22(20,21)12-7-8-14(17-10-12)13(9-16)15(19)11(3)4/h7-8,10-11,13H,5-6H2,1-4H3. The van der Waals surface area contributed by atoms with Crippen LogP contribution in [0.1, 0.15) is 39.3 Å². The van der Waals surface area contributed by atoms with Crippen LogP contribution in [0, 0.1) is 17.2 Å². The van der Waals surface area contributed by atoms with Gasteiger partial charge in [-0.05, 0) is 12.1 Å². The maximum Gasteiger partial charge on any atom is 0.244 e. The number of sulfonamides is 1. The minimum absolute atomic E-state index is 0.0636. The zero-order valence-electron chi connectivity index (χ0n) is 13.3. The van der Waals surface area contributed by atoms with Crippen molar-refractivity contribution in [2.75, 3.05) is 13.1 Å². The predicted octanol–water partition coefficient (Wildman–Crippen LogP) is 1.94. The molecule has 7 heteroatoms. The van der Waals surface area contributed by atoms with Crippen molar-refractivity contribution in [3.63, 3.8) is 0 Å². The number of ketones is 1. The van der Waals surface area contributed by atoms with Gasteiger partial charge in [0, 0.05) is 25.2 Å². The first kappa shape index (κ1) is 18.3. The topological polar surface area (TPSA) is 91.1 Å². The molecule has 0 aliphatic heterocycles. The lowest BCUT2D eigenvalue weighted by molar-refractivity contribution is -0.122. The number of nitrogens with zero attached hydrogens (tertiary/aromatic N) is 3. The number of hydrogen-bond donors (Lipinski definition) is 0. The molecule has 0 spiro atoms. The molecule has 1 rings (SSSR count). The minimum atomic E-state index is -3.58. The molecular weight excluding hydrogens is 302 g/mol. The number of nitriles is 1. The zero-order valence-corrected chi connectivity index (χ0v) is 14.1. The van der Waals surface area contributed by atoms with E-state index in [2.05, 4.69) is 4.98 Å². The van der Waals surface area contributed by atoms with Gasteiger partial charge in [-0.3, -0.25) is 9.78 Å². The van der Waals surface area contributed by atoms with Crippen molar-refractivity contribution in [3.8, 4) is 6.07 Å². The van der Waals surface area contributed by atoms with Crippen LogP contribution in [-0.2, 0) is 14.8 Å². The smallest absolute Gasteiger partial charge is 0.244 e. The predicted molar refractivity (Wildman–Crippen MR) is 82.5 cm³/mol. The molecule has 1 unspecified atom stereocenters. The van der Waals surface area contributed by atoms with Gasteiger partial charge in [0.15, 0.2) is 5.78 Å². The van der Waals surface area contributed by atoms with Gasteiger partial charge < -0.3 is 0 Å². The Morgan fingerprint density at radius 1 is 1.32 bits per heavy atom. The summed E-state index contributed by atoms with van der Waals surface area (Å²) in [6.45, 7) is 7.68. The summed E-state index contributed by atoms with van der Waals surface area (Å²) in [7, 11) is -3.58. The summed E-state index contributed by atoms with van der Waals surface area (Å²) in [5.41, 5.74) is 0.277. The fourth-order valence-corrected chi connectivity index (χ4v) is 3.44. The third kappa shape index (κ3) is 3.70. The maximum absolute atomic E-state index is 12.3. The van der Waals surface area contributed by atoms with Crippen LogP contribution in [0.15, 0.2) is 23.2 Å². The van der Waals surface area contributed by atoms with E-state index in [0.717, 1.165) is 0 Å². The van der Waals surface area contributed by atoms with E-state index in [9.17, 15) is 13.2 Å². The van der Waals surface area contributed by atoms with Crippen molar-refractivity contribution in [1.29, 1.82) is 5.26 Å². The van der Waals surface area contributed by atoms with E-state index in [0.29, 0.717) is 13.1 Å². The molecule has 0 saturated heterocycles. The molecule has 0 bridgehead atoms. The van der Waals surface area contributed by atoms with Crippen molar-refractivity contribution in [2.45, 2.75) is 38.5 Å². The molecule has 0 fully saturated rings. The Balaban J connectivity index is 3.15. The van der Waals surface area contributed by atoms with Crippen LogP contribution in [0.3, 0.4) is 0 Å². The van der Waals surface area contributed by atoms with Crippen molar-refractivity contribution in [1.82, 2.24) is 9.29 Å². The molecule has 0 radical (unpaired) electrons. The molecule has 0 aliphatic carbocycles. The largest absolute Gasteiger partial charge is 0.297 e. The fraction of sp³-hybridized carbons (Fsp3) is 0.533. The molecule has 1 heterocycles. The molecule has 1 atom stereocenters. The molecule has 1 aromatic rings. The molecule has 0 N–H and O–H groups in total. The van der Waals surface area contributed by atoms with Crippen molar-refractivity contribution >= 4 is 15.8 Å². The molecule has 120 valence electrons. The van der Waals surface area contributed by atoms with E-state index in [4.69, 9.17) is 5.26 Å². The second-order valence-corrected chi connectivity index (χ2v) is 7.07. The van der Waals surface area contributed by atoms with E-state index < -0.39 is 15.9 Å². The molecule has 0 amide bonds. The summed E-state index contributed by atoms with van der Waals surface area (Å²) in [5.74, 6) is -1.48. The summed E-state index contributed by atoms with van der Waals surface area (Å²) < 4.78 is 26.0. The normalized spacial score (nSPS) is 13.1. The third-order valence-electron chi connectivity index (χ3n) is 3.38. The highest BCUT2D eigenvalue weighted by atomic mass is 32.2. The van der Waals surface area contributed by atoms with E-state index in [1.807, 2.05) is 6.07 Å². The quantitative estimate of drug-likeness (QED) is 0.765. The van der Waals surface area contributed by atoms with Gasteiger partial charge in [0.05, 0.1) is 11.8 Å². The highest BCUT2D eigenvalue weighted by molar-refractivity contribution is 7.89. The average Bonchev–Trinajstić information content (AvgIpc) is 2.49. The van der Waals surface area contributed by atoms with Gasteiger partial charge in [-0.25, -0.2) is 8.42 Å². The Kier molecular flexibility index (Phi) is 6.21. The summed E-state index contributed by atoms with van der Waals surface area (Å²) in [4.78, 5) is 16.1. The second-order valence-electron chi connectivity index (χ2n) is 5.13. The molecular formula is C15H21N3O3S. The number of pyridine rings is 1. The molecule has 1 aromatic heterocycles. The number of carbonyl (C=O) groups is 1. The van der Waals surface area contributed by atoms with Crippen molar-refractivity contribution < 1.29 is 13.2 Å². The fourth-order valence-electron chi connectivity index (χ4n) is 2.04. The highest BCUT2D eigenvalue weighted by Crippen LogP contribution is 2.21. The molecule has 0 aromatic carbocycles. The van der Waals surface area contributed by atoms with E-state index in [1.54, 1.807) is 27.7 Å². The van der Waals surface area contributed by atoms with Gasteiger partial charge in [0.1, 0.15) is 10.8 Å². The van der Waals surface area contributed by atoms with Crippen LogP contribution < -0.4 is 0 Å². The van der Waals surface area contributed by atoms with Gasteiger partial charge >= 0.3 is 0 Å². The molecule has 0 aliphatic rings. The number of aromatic nitrogens is 1.